The van der Waals surface area contributed by atoms with E-state index in [1.165, 1.54) is 0 Å². The zero-order valence-electron chi connectivity index (χ0n) is 10.1. The van der Waals surface area contributed by atoms with Gasteiger partial charge in [-0.15, -0.1) is 0 Å². The van der Waals surface area contributed by atoms with Gasteiger partial charge in [0.1, 0.15) is 0 Å². The number of piperidine rings is 1. The van der Waals surface area contributed by atoms with Gasteiger partial charge in [0.15, 0.2) is 0 Å². The third kappa shape index (κ3) is 3.82. The maximum atomic E-state index is 11.8. The van der Waals surface area contributed by atoms with Crippen molar-refractivity contribution in [2.75, 3.05) is 13.1 Å². The van der Waals surface area contributed by atoms with Crippen molar-refractivity contribution < 1.29 is 9.90 Å². The minimum Gasteiger partial charge on any atom is -0.393 e. The second-order valence-electron chi connectivity index (χ2n) is 5.08. The van der Waals surface area contributed by atoms with E-state index in [0.29, 0.717) is 12.3 Å². The lowest BCUT2D eigenvalue weighted by molar-refractivity contribution is -0.134. The minimum atomic E-state index is -0.292. The van der Waals surface area contributed by atoms with E-state index in [-0.39, 0.29) is 17.9 Å². The topological polar surface area (TPSA) is 40.5 Å². The highest BCUT2D eigenvalue weighted by Crippen LogP contribution is 2.20. The van der Waals surface area contributed by atoms with Crippen LogP contribution in [-0.4, -0.2) is 35.1 Å². The van der Waals surface area contributed by atoms with Crippen molar-refractivity contribution in [1.82, 2.24) is 4.90 Å². The Morgan fingerprint density at radius 2 is 2.13 bits per heavy atom. The normalized spacial score (nSPS) is 24.3. The molecule has 0 aliphatic carbocycles. The Bertz CT molecular complexity index is 214. The highest BCUT2D eigenvalue weighted by atomic mass is 16.3. The van der Waals surface area contributed by atoms with Gasteiger partial charge in [-0.05, 0) is 25.7 Å². The van der Waals surface area contributed by atoms with Crippen LogP contribution >= 0.6 is 0 Å². The van der Waals surface area contributed by atoms with Crippen molar-refractivity contribution in [2.24, 2.45) is 11.8 Å². The number of likely N-dealkylation sites (tertiary alicyclic amines) is 1. The van der Waals surface area contributed by atoms with E-state index in [2.05, 4.69) is 13.8 Å². The van der Waals surface area contributed by atoms with Gasteiger partial charge in [0.2, 0.25) is 5.91 Å². The Morgan fingerprint density at radius 3 is 2.67 bits per heavy atom. The number of amides is 1. The summed E-state index contributed by atoms with van der Waals surface area (Å²) in [4.78, 5) is 13.7. The number of hydrogen-bond donors (Lipinski definition) is 1. The molecule has 2 atom stereocenters. The molecule has 3 heteroatoms. The lowest BCUT2D eigenvalue weighted by Crippen LogP contribution is -2.43. The molecule has 0 spiro atoms. The van der Waals surface area contributed by atoms with Gasteiger partial charge in [-0.3, -0.25) is 4.79 Å². The van der Waals surface area contributed by atoms with Crippen LogP contribution in [0.25, 0.3) is 0 Å². The molecule has 2 unspecified atom stereocenters. The molecule has 15 heavy (non-hydrogen) atoms. The first-order valence-corrected chi connectivity index (χ1v) is 5.96. The number of carbonyl (C=O) groups is 1. The van der Waals surface area contributed by atoms with Crippen LogP contribution in [0.1, 0.15) is 40.0 Å². The summed E-state index contributed by atoms with van der Waals surface area (Å²) in [5.41, 5.74) is 0. The fraction of sp³-hybridized carbons (Fsp3) is 0.917. The van der Waals surface area contributed by atoms with Crippen molar-refractivity contribution in [3.05, 3.63) is 0 Å². The van der Waals surface area contributed by atoms with Gasteiger partial charge in [0.05, 0.1) is 6.10 Å². The van der Waals surface area contributed by atoms with Crippen LogP contribution in [0.5, 0.6) is 0 Å². The quantitative estimate of drug-likeness (QED) is 0.774. The first-order valence-electron chi connectivity index (χ1n) is 5.96. The molecule has 1 rings (SSSR count). The molecule has 0 aromatic rings. The molecule has 1 N–H and O–H groups in total. The zero-order chi connectivity index (χ0) is 11.4. The van der Waals surface area contributed by atoms with Crippen molar-refractivity contribution in [2.45, 2.75) is 46.1 Å². The second kappa shape index (κ2) is 5.50. The van der Waals surface area contributed by atoms with Crippen molar-refractivity contribution >= 4 is 5.91 Å². The lowest BCUT2D eigenvalue weighted by atomic mass is 9.93. The number of hydrogen-bond acceptors (Lipinski definition) is 2. The van der Waals surface area contributed by atoms with E-state index in [1.54, 1.807) is 0 Å². The third-order valence-corrected chi connectivity index (χ3v) is 3.08. The molecule has 1 amide bonds. The number of rotatable bonds is 3. The zero-order valence-corrected chi connectivity index (χ0v) is 10.1. The fourth-order valence-electron chi connectivity index (χ4n) is 2.11. The van der Waals surface area contributed by atoms with Crippen LogP contribution in [0.2, 0.25) is 0 Å². The number of aliphatic hydroxyl groups is 1. The standard InChI is InChI=1S/C12H23NO2/c1-9(2)7-12(15)13-6-4-5-11(8-13)10(3)14/h9-11,14H,4-8H2,1-3H3. The predicted molar refractivity (Wildman–Crippen MR) is 60.4 cm³/mol. The maximum Gasteiger partial charge on any atom is 0.222 e. The number of carbonyl (C=O) groups excluding carboxylic acids is 1. The molecule has 0 aromatic carbocycles. The van der Waals surface area contributed by atoms with Gasteiger partial charge in [0.25, 0.3) is 0 Å². The Balaban J connectivity index is 2.45. The monoisotopic (exact) mass is 213 g/mol. The van der Waals surface area contributed by atoms with Gasteiger partial charge in [-0.2, -0.15) is 0 Å². The van der Waals surface area contributed by atoms with Crippen LogP contribution in [-0.2, 0) is 4.79 Å². The van der Waals surface area contributed by atoms with Crippen molar-refractivity contribution in [3.8, 4) is 0 Å². The first-order chi connectivity index (χ1) is 7.00. The Hall–Kier alpha value is -0.570. The highest BCUT2D eigenvalue weighted by molar-refractivity contribution is 5.76. The second-order valence-corrected chi connectivity index (χ2v) is 5.08. The van der Waals surface area contributed by atoms with Crippen LogP contribution in [0.15, 0.2) is 0 Å². The summed E-state index contributed by atoms with van der Waals surface area (Å²) in [6.07, 6.45) is 2.41. The Morgan fingerprint density at radius 1 is 1.47 bits per heavy atom. The molecular weight excluding hydrogens is 190 g/mol. The average molecular weight is 213 g/mol. The van der Waals surface area contributed by atoms with E-state index in [1.807, 2.05) is 11.8 Å². The van der Waals surface area contributed by atoms with Gasteiger partial charge >= 0.3 is 0 Å². The maximum absolute atomic E-state index is 11.8. The van der Waals surface area contributed by atoms with Gasteiger partial charge in [-0.25, -0.2) is 0 Å². The summed E-state index contributed by atoms with van der Waals surface area (Å²) in [7, 11) is 0. The summed E-state index contributed by atoms with van der Waals surface area (Å²) in [5.74, 6) is 0.939. The molecule has 0 radical (unpaired) electrons. The molecule has 1 aliphatic heterocycles. The molecule has 88 valence electrons. The molecule has 0 bridgehead atoms. The van der Waals surface area contributed by atoms with Crippen molar-refractivity contribution in [3.63, 3.8) is 0 Å². The summed E-state index contributed by atoms with van der Waals surface area (Å²) in [6, 6.07) is 0. The average Bonchev–Trinajstić information content (AvgIpc) is 2.17. The summed E-state index contributed by atoms with van der Waals surface area (Å²) in [6.45, 7) is 7.56. The van der Waals surface area contributed by atoms with Crippen LogP contribution in [0.4, 0.5) is 0 Å². The number of nitrogens with zero attached hydrogens (tertiary/aromatic N) is 1. The summed E-state index contributed by atoms with van der Waals surface area (Å²) in [5, 5.41) is 9.52. The van der Waals surface area contributed by atoms with Crippen LogP contribution in [0.3, 0.4) is 0 Å². The SMILES string of the molecule is CC(C)CC(=O)N1CCCC(C(C)O)C1. The molecule has 0 saturated carbocycles. The smallest absolute Gasteiger partial charge is 0.222 e. The van der Waals surface area contributed by atoms with Crippen molar-refractivity contribution in [1.29, 1.82) is 0 Å². The molecule has 1 aliphatic rings. The molecule has 1 heterocycles. The molecule has 1 saturated heterocycles. The van der Waals surface area contributed by atoms with Crippen LogP contribution < -0.4 is 0 Å². The van der Waals surface area contributed by atoms with Gasteiger partial charge in [0, 0.05) is 25.4 Å². The molecule has 3 nitrogen and oxygen atoms in total. The van der Waals surface area contributed by atoms with E-state index < -0.39 is 0 Å². The third-order valence-electron chi connectivity index (χ3n) is 3.08. The summed E-state index contributed by atoms with van der Waals surface area (Å²) < 4.78 is 0. The lowest BCUT2D eigenvalue weighted by Gasteiger charge is -2.34. The van der Waals surface area contributed by atoms with E-state index in [0.717, 1.165) is 25.9 Å². The van der Waals surface area contributed by atoms with E-state index >= 15 is 0 Å². The molecule has 0 aromatic heterocycles. The Labute approximate surface area is 92.5 Å². The predicted octanol–water partition coefficient (Wildman–Crippen LogP) is 1.65. The van der Waals surface area contributed by atoms with E-state index in [4.69, 9.17) is 0 Å². The minimum absolute atomic E-state index is 0.246. The fourth-order valence-corrected chi connectivity index (χ4v) is 2.11. The largest absolute Gasteiger partial charge is 0.393 e. The molecule has 1 fully saturated rings. The molecular formula is C12H23NO2. The van der Waals surface area contributed by atoms with Crippen LogP contribution in [0, 0.1) is 11.8 Å². The number of aliphatic hydroxyl groups excluding tert-OH is 1. The van der Waals surface area contributed by atoms with Gasteiger partial charge < -0.3 is 10.0 Å². The van der Waals surface area contributed by atoms with E-state index in [9.17, 15) is 9.90 Å². The highest BCUT2D eigenvalue weighted by Gasteiger charge is 2.26. The summed E-state index contributed by atoms with van der Waals surface area (Å²) >= 11 is 0. The first kappa shape index (κ1) is 12.5. The Kier molecular flexibility index (Phi) is 4.58. The van der Waals surface area contributed by atoms with Gasteiger partial charge in [-0.1, -0.05) is 13.8 Å².